The molecule has 3 nitrogen and oxygen atoms in total. The van der Waals surface area contributed by atoms with Crippen LogP contribution in [0, 0.1) is 24.7 Å². The van der Waals surface area contributed by atoms with Gasteiger partial charge in [-0.25, -0.2) is 4.98 Å². The summed E-state index contributed by atoms with van der Waals surface area (Å²) < 4.78 is 5.64. The van der Waals surface area contributed by atoms with Gasteiger partial charge in [0.2, 0.25) is 5.89 Å². The van der Waals surface area contributed by atoms with Gasteiger partial charge >= 0.3 is 0 Å². The van der Waals surface area contributed by atoms with Crippen LogP contribution < -0.4 is 5.32 Å². The summed E-state index contributed by atoms with van der Waals surface area (Å²) in [4.78, 5) is 4.44. The van der Waals surface area contributed by atoms with Crippen molar-refractivity contribution in [3.8, 4) is 0 Å². The van der Waals surface area contributed by atoms with E-state index >= 15 is 0 Å². The molecule has 0 unspecified atom stereocenters. The number of nitrogens with zero attached hydrogens (tertiary/aromatic N) is 1. The van der Waals surface area contributed by atoms with Gasteiger partial charge in [-0.1, -0.05) is 27.7 Å². The average molecular weight is 264 g/mol. The first kappa shape index (κ1) is 14.6. The third-order valence-corrected chi connectivity index (χ3v) is 4.17. The molecular formula is C16H28N2O. The lowest BCUT2D eigenvalue weighted by molar-refractivity contribution is 0.0834. The number of nitrogens with one attached hydrogen (secondary N) is 1. The summed E-state index contributed by atoms with van der Waals surface area (Å²) in [5.41, 5.74) is 1.84. The van der Waals surface area contributed by atoms with E-state index in [1.807, 2.05) is 13.8 Å². The highest BCUT2D eigenvalue weighted by Gasteiger charge is 2.38. The average Bonchev–Trinajstić information content (AvgIpc) is 2.51. The lowest BCUT2D eigenvalue weighted by Gasteiger charge is -2.45. The Morgan fingerprint density at radius 2 is 1.74 bits per heavy atom. The fourth-order valence-electron chi connectivity index (χ4n) is 3.84. The number of hydrogen-bond donors (Lipinski definition) is 1. The maximum absolute atomic E-state index is 5.64. The van der Waals surface area contributed by atoms with Crippen LogP contribution >= 0.6 is 0 Å². The van der Waals surface area contributed by atoms with E-state index in [0.717, 1.165) is 23.9 Å². The van der Waals surface area contributed by atoms with Gasteiger partial charge in [-0.05, 0) is 43.9 Å². The normalized spacial score (nSPS) is 22.6. The molecule has 1 N–H and O–H groups in total. The standard InChI is InChI=1S/C16H28N2O/c1-11-12(2)19-14(18-11)9-17-13-7-15(3,4)10-16(5,6)8-13/h13,17H,7-10H2,1-6H3. The van der Waals surface area contributed by atoms with E-state index < -0.39 is 0 Å². The van der Waals surface area contributed by atoms with E-state index in [1.54, 1.807) is 0 Å². The molecule has 0 aromatic carbocycles. The Balaban J connectivity index is 1.95. The fourth-order valence-corrected chi connectivity index (χ4v) is 3.84. The van der Waals surface area contributed by atoms with E-state index in [2.05, 4.69) is 38.0 Å². The minimum absolute atomic E-state index is 0.418. The first-order chi connectivity index (χ1) is 8.67. The van der Waals surface area contributed by atoms with Crippen LogP contribution in [0.2, 0.25) is 0 Å². The molecule has 0 atom stereocenters. The van der Waals surface area contributed by atoms with Crippen molar-refractivity contribution in [2.45, 2.75) is 73.4 Å². The summed E-state index contributed by atoms with van der Waals surface area (Å²) in [6.45, 7) is 14.2. The molecule has 0 saturated heterocycles. The highest BCUT2D eigenvalue weighted by Crippen LogP contribution is 2.45. The zero-order valence-electron chi connectivity index (χ0n) is 13.3. The molecule has 1 fully saturated rings. The van der Waals surface area contributed by atoms with E-state index in [4.69, 9.17) is 4.42 Å². The Kier molecular flexibility index (Phi) is 3.78. The van der Waals surface area contributed by atoms with Gasteiger partial charge in [-0.3, -0.25) is 0 Å². The highest BCUT2D eigenvalue weighted by atomic mass is 16.4. The molecule has 1 heterocycles. The Labute approximate surface area is 117 Å². The van der Waals surface area contributed by atoms with Crippen LogP contribution in [0.15, 0.2) is 4.42 Å². The van der Waals surface area contributed by atoms with Crippen LogP contribution in [0.1, 0.15) is 64.3 Å². The van der Waals surface area contributed by atoms with Crippen molar-refractivity contribution in [1.29, 1.82) is 0 Å². The van der Waals surface area contributed by atoms with E-state index in [-0.39, 0.29) is 0 Å². The maximum atomic E-state index is 5.64. The summed E-state index contributed by atoms with van der Waals surface area (Å²) in [5.74, 6) is 1.75. The van der Waals surface area contributed by atoms with E-state index in [9.17, 15) is 0 Å². The largest absolute Gasteiger partial charge is 0.444 e. The van der Waals surface area contributed by atoms with E-state index in [0.29, 0.717) is 16.9 Å². The number of aromatic nitrogens is 1. The molecule has 0 bridgehead atoms. The molecule has 0 amide bonds. The molecule has 0 aliphatic heterocycles. The summed E-state index contributed by atoms with van der Waals surface area (Å²) >= 11 is 0. The molecule has 0 radical (unpaired) electrons. The van der Waals surface area contributed by atoms with Gasteiger partial charge in [0.05, 0.1) is 12.2 Å². The smallest absolute Gasteiger partial charge is 0.208 e. The topological polar surface area (TPSA) is 38.1 Å². The molecule has 1 aromatic rings. The summed E-state index contributed by atoms with van der Waals surface area (Å²) in [5, 5.41) is 3.63. The van der Waals surface area contributed by atoms with Crippen LogP contribution in [0.25, 0.3) is 0 Å². The molecule has 108 valence electrons. The molecule has 3 heteroatoms. The van der Waals surface area contributed by atoms with Gasteiger partial charge in [0.1, 0.15) is 5.76 Å². The Hall–Kier alpha value is -0.830. The highest BCUT2D eigenvalue weighted by molar-refractivity contribution is 5.05. The summed E-state index contributed by atoms with van der Waals surface area (Å²) in [6.07, 6.45) is 3.76. The summed E-state index contributed by atoms with van der Waals surface area (Å²) in [7, 11) is 0. The predicted octanol–water partition coefficient (Wildman–Crippen LogP) is 3.99. The van der Waals surface area contributed by atoms with Crippen molar-refractivity contribution >= 4 is 0 Å². The molecule has 1 saturated carbocycles. The second kappa shape index (κ2) is 4.93. The van der Waals surface area contributed by atoms with Gasteiger partial charge in [0.15, 0.2) is 0 Å². The lowest BCUT2D eigenvalue weighted by Crippen LogP contribution is -2.43. The SMILES string of the molecule is Cc1nc(CNC2CC(C)(C)CC(C)(C)C2)oc1C. The van der Waals surface area contributed by atoms with Crippen molar-refractivity contribution in [3.05, 3.63) is 17.3 Å². The third kappa shape index (κ3) is 3.82. The van der Waals surface area contributed by atoms with Crippen LogP contribution in [-0.4, -0.2) is 11.0 Å². The number of oxazole rings is 1. The first-order valence-electron chi connectivity index (χ1n) is 7.33. The molecule has 1 aliphatic carbocycles. The van der Waals surface area contributed by atoms with Crippen molar-refractivity contribution in [2.24, 2.45) is 10.8 Å². The fraction of sp³-hybridized carbons (Fsp3) is 0.812. The first-order valence-corrected chi connectivity index (χ1v) is 7.33. The predicted molar refractivity (Wildman–Crippen MR) is 78.0 cm³/mol. The summed E-state index contributed by atoms with van der Waals surface area (Å²) in [6, 6.07) is 0.561. The Morgan fingerprint density at radius 1 is 1.16 bits per heavy atom. The van der Waals surface area contributed by atoms with E-state index in [1.165, 1.54) is 19.3 Å². The van der Waals surface area contributed by atoms with Gasteiger partial charge in [-0.2, -0.15) is 0 Å². The van der Waals surface area contributed by atoms with Gasteiger partial charge in [0, 0.05) is 6.04 Å². The maximum Gasteiger partial charge on any atom is 0.208 e. The number of hydrogen-bond acceptors (Lipinski definition) is 3. The number of aryl methyl sites for hydroxylation is 2. The van der Waals surface area contributed by atoms with Crippen molar-refractivity contribution in [2.75, 3.05) is 0 Å². The van der Waals surface area contributed by atoms with Gasteiger partial charge in [0.25, 0.3) is 0 Å². The minimum Gasteiger partial charge on any atom is -0.444 e. The molecule has 1 aliphatic rings. The van der Waals surface area contributed by atoms with Crippen molar-refractivity contribution < 1.29 is 4.42 Å². The molecular weight excluding hydrogens is 236 g/mol. The van der Waals surface area contributed by atoms with Crippen LogP contribution in [0.5, 0.6) is 0 Å². The molecule has 19 heavy (non-hydrogen) atoms. The third-order valence-electron chi connectivity index (χ3n) is 4.17. The molecule has 0 spiro atoms. The zero-order chi connectivity index (χ0) is 14.3. The van der Waals surface area contributed by atoms with Gasteiger partial charge < -0.3 is 9.73 Å². The van der Waals surface area contributed by atoms with Gasteiger partial charge in [-0.15, -0.1) is 0 Å². The van der Waals surface area contributed by atoms with Crippen LogP contribution in [0.4, 0.5) is 0 Å². The lowest BCUT2D eigenvalue weighted by atomic mass is 9.63. The van der Waals surface area contributed by atoms with Crippen molar-refractivity contribution in [1.82, 2.24) is 10.3 Å². The van der Waals surface area contributed by atoms with Crippen LogP contribution in [-0.2, 0) is 6.54 Å². The second-order valence-corrected chi connectivity index (χ2v) is 7.74. The molecule has 2 rings (SSSR count). The molecule has 1 aromatic heterocycles. The minimum atomic E-state index is 0.418. The Bertz CT molecular complexity index is 410. The quantitative estimate of drug-likeness (QED) is 0.897. The Morgan fingerprint density at radius 3 is 2.21 bits per heavy atom. The van der Waals surface area contributed by atoms with Crippen LogP contribution in [0.3, 0.4) is 0 Å². The second-order valence-electron chi connectivity index (χ2n) is 7.74. The van der Waals surface area contributed by atoms with Crippen molar-refractivity contribution in [3.63, 3.8) is 0 Å². The zero-order valence-corrected chi connectivity index (χ0v) is 13.3. The number of rotatable bonds is 3. The monoisotopic (exact) mass is 264 g/mol.